The number of rotatable bonds is 5. The van der Waals surface area contributed by atoms with Crippen molar-refractivity contribution in [1.29, 1.82) is 0 Å². The lowest BCUT2D eigenvalue weighted by molar-refractivity contribution is 0.267. The summed E-state index contributed by atoms with van der Waals surface area (Å²) in [5.74, 6) is 0. The molecule has 0 fully saturated rings. The SMILES string of the molecule is CCN(Cc1ccccc1)Cc1ccc(Cl)nn1. The molecule has 0 atom stereocenters. The third-order valence-electron chi connectivity index (χ3n) is 2.77. The van der Waals surface area contributed by atoms with Gasteiger partial charge in [0.15, 0.2) is 5.15 Å². The van der Waals surface area contributed by atoms with Gasteiger partial charge in [-0.1, -0.05) is 48.9 Å². The lowest BCUT2D eigenvalue weighted by Crippen LogP contribution is -2.23. The van der Waals surface area contributed by atoms with E-state index in [1.807, 2.05) is 12.1 Å². The third kappa shape index (κ3) is 3.79. The van der Waals surface area contributed by atoms with E-state index in [2.05, 4.69) is 46.3 Å². The van der Waals surface area contributed by atoms with E-state index in [1.165, 1.54) is 5.56 Å². The molecule has 94 valence electrons. The summed E-state index contributed by atoms with van der Waals surface area (Å²) in [5, 5.41) is 8.38. The van der Waals surface area contributed by atoms with Crippen LogP contribution in [-0.2, 0) is 13.1 Å². The molecule has 0 saturated carbocycles. The normalized spacial score (nSPS) is 10.8. The second kappa shape index (κ2) is 6.47. The van der Waals surface area contributed by atoms with E-state index in [0.717, 1.165) is 25.3 Å². The van der Waals surface area contributed by atoms with E-state index in [0.29, 0.717) is 5.15 Å². The minimum Gasteiger partial charge on any atom is -0.293 e. The molecule has 4 heteroatoms. The number of nitrogens with zero attached hydrogens (tertiary/aromatic N) is 3. The zero-order chi connectivity index (χ0) is 12.8. The molecule has 18 heavy (non-hydrogen) atoms. The van der Waals surface area contributed by atoms with Crippen LogP contribution >= 0.6 is 11.6 Å². The summed E-state index contributed by atoms with van der Waals surface area (Å²) in [4.78, 5) is 2.31. The van der Waals surface area contributed by atoms with E-state index in [-0.39, 0.29) is 0 Å². The quantitative estimate of drug-likeness (QED) is 0.828. The van der Waals surface area contributed by atoms with Crippen LogP contribution in [0.1, 0.15) is 18.2 Å². The van der Waals surface area contributed by atoms with Gasteiger partial charge in [0.25, 0.3) is 0 Å². The average Bonchev–Trinajstić information content (AvgIpc) is 2.41. The summed E-state index contributed by atoms with van der Waals surface area (Å²) >= 11 is 5.72. The Labute approximate surface area is 112 Å². The van der Waals surface area contributed by atoms with Crippen LogP contribution in [0.25, 0.3) is 0 Å². The molecule has 2 rings (SSSR count). The molecule has 0 aliphatic rings. The second-order valence-corrected chi connectivity index (χ2v) is 4.52. The Bertz CT molecular complexity index is 470. The van der Waals surface area contributed by atoms with E-state index in [9.17, 15) is 0 Å². The molecule has 3 nitrogen and oxygen atoms in total. The Kier molecular flexibility index (Phi) is 4.67. The van der Waals surface area contributed by atoms with Crippen molar-refractivity contribution in [2.45, 2.75) is 20.0 Å². The van der Waals surface area contributed by atoms with Crippen molar-refractivity contribution in [3.63, 3.8) is 0 Å². The number of hydrogen-bond donors (Lipinski definition) is 0. The van der Waals surface area contributed by atoms with Crippen LogP contribution in [0, 0.1) is 0 Å². The maximum atomic E-state index is 5.72. The number of benzene rings is 1. The van der Waals surface area contributed by atoms with Crippen LogP contribution in [0.5, 0.6) is 0 Å². The van der Waals surface area contributed by atoms with Crippen LogP contribution in [0.15, 0.2) is 42.5 Å². The molecule has 0 N–H and O–H groups in total. The minimum absolute atomic E-state index is 0.435. The van der Waals surface area contributed by atoms with Gasteiger partial charge < -0.3 is 0 Å². The Morgan fingerprint density at radius 1 is 1.00 bits per heavy atom. The molecule has 0 spiro atoms. The fraction of sp³-hybridized carbons (Fsp3) is 0.286. The van der Waals surface area contributed by atoms with Crippen molar-refractivity contribution in [3.8, 4) is 0 Å². The summed E-state index contributed by atoms with van der Waals surface area (Å²) in [5.41, 5.74) is 2.25. The van der Waals surface area contributed by atoms with Gasteiger partial charge in [0, 0.05) is 13.1 Å². The van der Waals surface area contributed by atoms with Gasteiger partial charge in [-0.15, -0.1) is 5.10 Å². The van der Waals surface area contributed by atoms with Crippen molar-refractivity contribution in [3.05, 3.63) is 58.9 Å². The smallest absolute Gasteiger partial charge is 0.151 e. The minimum atomic E-state index is 0.435. The zero-order valence-electron chi connectivity index (χ0n) is 10.4. The summed E-state index contributed by atoms with van der Waals surface area (Å²) in [6.45, 7) is 4.82. The summed E-state index contributed by atoms with van der Waals surface area (Å²) in [6, 6.07) is 14.1. The fourth-order valence-electron chi connectivity index (χ4n) is 1.78. The van der Waals surface area contributed by atoms with Crippen molar-refractivity contribution >= 4 is 11.6 Å². The fourth-order valence-corrected chi connectivity index (χ4v) is 1.88. The molecule has 1 aromatic carbocycles. The van der Waals surface area contributed by atoms with Crippen LogP contribution in [0.2, 0.25) is 5.15 Å². The van der Waals surface area contributed by atoms with Gasteiger partial charge in [-0.2, -0.15) is 5.10 Å². The highest BCUT2D eigenvalue weighted by Crippen LogP contribution is 2.09. The number of hydrogen-bond acceptors (Lipinski definition) is 3. The highest BCUT2D eigenvalue weighted by atomic mass is 35.5. The largest absolute Gasteiger partial charge is 0.293 e. The number of halogens is 1. The van der Waals surface area contributed by atoms with Gasteiger partial charge in [-0.05, 0) is 24.2 Å². The van der Waals surface area contributed by atoms with Crippen LogP contribution in [0.4, 0.5) is 0 Å². The Hall–Kier alpha value is -1.45. The average molecular weight is 262 g/mol. The van der Waals surface area contributed by atoms with Gasteiger partial charge in [-0.25, -0.2) is 0 Å². The third-order valence-corrected chi connectivity index (χ3v) is 2.97. The highest BCUT2D eigenvalue weighted by Gasteiger charge is 2.06. The maximum absolute atomic E-state index is 5.72. The zero-order valence-corrected chi connectivity index (χ0v) is 11.1. The first-order valence-electron chi connectivity index (χ1n) is 6.02. The molecule has 1 heterocycles. The summed E-state index contributed by atoms with van der Waals surface area (Å²) in [6.07, 6.45) is 0. The van der Waals surface area contributed by atoms with Crippen molar-refractivity contribution in [1.82, 2.24) is 15.1 Å². The molecule has 0 amide bonds. The molecule has 0 saturated heterocycles. The predicted molar refractivity (Wildman–Crippen MR) is 73.3 cm³/mol. The molecule has 0 radical (unpaired) electrons. The Balaban J connectivity index is 1.99. The van der Waals surface area contributed by atoms with E-state index < -0.39 is 0 Å². The van der Waals surface area contributed by atoms with Crippen molar-refractivity contribution in [2.75, 3.05) is 6.54 Å². The van der Waals surface area contributed by atoms with Gasteiger partial charge in [0.1, 0.15) is 0 Å². The predicted octanol–water partition coefficient (Wildman–Crippen LogP) is 3.15. The Morgan fingerprint density at radius 2 is 1.78 bits per heavy atom. The molecule has 1 aromatic heterocycles. The summed E-state index contributed by atoms with van der Waals surface area (Å²) in [7, 11) is 0. The maximum Gasteiger partial charge on any atom is 0.151 e. The van der Waals surface area contributed by atoms with E-state index in [1.54, 1.807) is 6.07 Å². The number of aromatic nitrogens is 2. The molecular formula is C14H16ClN3. The van der Waals surface area contributed by atoms with E-state index >= 15 is 0 Å². The Morgan fingerprint density at radius 3 is 2.39 bits per heavy atom. The molecule has 0 aliphatic carbocycles. The van der Waals surface area contributed by atoms with Crippen molar-refractivity contribution < 1.29 is 0 Å². The first-order valence-corrected chi connectivity index (χ1v) is 6.40. The second-order valence-electron chi connectivity index (χ2n) is 4.14. The lowest BCUT2D eigenvalue weighted by atomic mass is 10.2. The van der Waals surface area contributed by atoms with Crippen LogP contribution in [-0.4, -0.2) is 21.6 Å². The first kappa shape index (κ1) is 13.0. The van der Waals surface area contributed by atoms with Gasteiger partial charge in [-0.3, -0.25) is 4.90 Å². The van der Waals surface area contributed by atoms with E-state index in [4.69, 9.17) is 11.6 Å². The summed E-state index contributed by atoms with van der Waals surface area (Å²) < 4.78 is 0. The molecule has 0 aliphatic heterocycles. The van der Waals surface area contributed by atoms with Crippen LogP contribution in [0.3, 0.4) is 0 Å². The molecule has 2 aromatic rings. The molecule has 0 unspecified atom stereocenters. The molecule has 0 bridgehead atoms. The lowest BCUT2D eigenvalue weighted by Gasteiger charge is -2.19. The van der Waals surface area contributed by atoms with Crippen molar-refractivity contribution in [2.24, 2.45) is 0 Å². The molecular weight excluding hydrogens is 246 g/mol. The van der Waals surface area contributed by atoms with Gasteiger partial charge in [0.05, 0.1) is 5.69 Å². The van der Waals surface area contributed by atoms with Crippen LogP contribution < -0.4 is 0 Å². The topological polar surface area (TPSA) is 29.0 Å². The van der Waals surface area contributed by atoms with Gasteiger partial charge >= 0.3 is 0 Å². The van der Waals surface area contributed by atoms with Gasteiger partial charge in [0.2, 0.25) is 0 Å². The first-order chi connectivity index (χ1) is 8.78. The highest BCUT2D eigenvalue weighted by molar-refractivity contribution is 6.29. The standard InChI is InChI=1S/C14H16ClN3/c1-2-18(10-12-6-4-3-5-7-12)11-13-8-9-14(15)17-16-13/h3-9H,2,10-11H2,1H3. The monoisotopic (exact) mass is 261 g/mol.